The summed E-state index contributed by atoms with van der Waals surface area (Å²) in [6.07, 6.45) is 0.916. The van der Waals surface area contributed by atoms with Crippen molar-refractivity contribution in [1.29, 1.82) is 0 Å². The first-order chi connectivity index (χ1) is 9.82. The molecule has 116 valence electrons. The van der Waals surface area contributed by atoms with Gasteiger partial charge in [0.05, 0.1) is 0 Å². The molecule has 0 atom stereocenters. The van der Waals surface area contributed by atoms with Crippen molar-refractivity contribution in [2.75, 3.05) is 5.32 Å². The number of amides is 1. The molecule has 0 fully saturated rings. The lowest BCUT2D eigenvalue weighted by Crippen LogP contribution is -2.46. The van der Waals surface area contributed by atoms with Crippen molar-refractivity contribution in [2.45, 2.75) is 40.5 Å². The molecule has 0 radical (unpaired) electrons. The lowest BCUT2D eigenvalue weighted by molar-refractivity contribution is -0.122. The number of anilines is 1. The fourth-order valence-corrected chi connectivity index (χ4v) is 2.64. The van der Waals surface area contributed by atoms with Gasteiger partial charge in [-0.2, -0.15) is 0 Å². The Morgan fingerprint density at radius 3 is 2.19 bits per heavy atom. The molecule has 1 aromatic carbocycles. The fourth-order valence-electron chi connectivity index (χ4n) is 2.41. The Hall–Kier alpha value is -1.56. The molecule has 6 heteroatoms. The first-order valence-electron chi connectivity index (χ1n) is 6.88. The van der Waals surface area contributed by atoms with Gasteiger partial charge in [-0.3, -0.25) is 4.79 Å². The molecule has 5 nitrogen and oxygen atoms in total. The average Bonchev–Trinajstić information content (AvgIpc) is 2.46. The number of amidine groups is 1. The number of nitrogens with one attached hydrogen (secondary N) is 1. The van der Waals surface area contributed by atoms with Gasteiger partial charge in [-0.1, -0.05) is 34.9 Å². The number of rotatable bonds is 5. The van der Waals surface area contributed by atoms with Crippen molar-refractivity contribution in [3.05, 3.63) is 27.7 Å². The second kappa shape index (κ2) is 6.93. The van der Waals surface area contributed by atoms with Gasteiger partial charge in [-0.25, -0.2) is 0 Å². The Morgan fingerprint density at radius 2 is 1.81 bits per heavy atom. The van der Waals surface area contributed by atoms with Crippen LogP contribution < -0.4 is 11.1 Å². The molecule has 21 heavy (non-hydrogen) atoms. The summed E-state index contributed by atoms with van der Waals surface area (Å²) < 4.78 is 1.02. The number of carbonyl (C=O) groups is 1. The lowest BCUT2D eigenvalue weighted by atomic mass is 9.80. The zero-order valence-electron chi connectivity index (χ0n) is 12.8. The summed E-state index contributed by atoms with van der Waals surface area (Å²) in [5, 5.41) is 14.9. The Labute approximate surface area is 133 Å². The van der Waals surface area contributed by atoms with Crippen LogP contribution in [0.2, 0.25) is 0 Å². The molecule has 0 unspecified atom stereocenters. The fraction of sp³-hybridized carbons (Fsp3) is 0.467. The topological polar surface area (TPSA) is 87.7 Å². The third-order valence-electron chi connectivity index (χ3n) is 3.93. The molecule has 1 amide bonds. The van der Waals surface area contributed by atoms with Gasteiger partial charge in [-0.05, 0) is 49.9 Å². The van der Waals surface area contributed by atoms with Crippen molar-refractivity contribution in [3.63, 3.8) is 0 Å². The van der Waals surface area contributed by atoms with Gasteiger partial charge < -0.3 is 16.3 Å². The number of hydrogen-bond acceptors (Lipinski definition) is 3. The molecule has 0 spiro atoms. The van der Waals surface area contributed by atoms with E-state index in [9.17, 15) is 4.79 Å². The second-order valence-electron chi connectivity index (χ2n) is 5.15. The smallest absolute Gasteiger partial charge is 0.238 e. The van der Waals surface area contributed by atoms with Crippen LogP contribution in [0.25, 0.3) is 0 Å². The highest BCUT2D eigenvalue weighted by Gasteiger charge is 2.39. The molecule has 0 heterocycles. The first kappa shape index (κ1) is 17.5. The van der Waals surface area contributed by atoms with Gasteiger partial charge in [0.1, 0.15) is 5.41 Å². The molecule has 0 aliphatic carbocycles. The zero-order chi connectivity index (χ0) is 16.2. The van der Waals surface area contributed by atoms with E-state index in [1.807, 2.05) is 39.8 Å². The van der Waals surface area contributed by atoms with E-state index in [0.29, 0.717) is 18.5 Å². The molecule has 0 aliphatic heterocycles. The minimum Gasteiger partial charge on any atom is -0.409 e. The second-order valence-corrected chi connectivity index (χ2v) is 5.95. The monoisotopic (exact) mass is 355 g/mol. The number of aryl methyl sites for hydroxylation is 2. The van der Waals surface area contributed by atoms with E-state index in [-0.39, 0.29) is 11.7 Å². The van der Waals surface area contributed by atoms with Gasteiger partial charge in [0.2, 0.25) is 5.91 Å². The zero-order valence-corrected chi connectivity index (χ0v) is 14.4. The van der Waals surface area contributed by atoms with Gasteiger partial charge in [-0.15, -0.1) is 0 Å². The van der Waals surface area contributed by atoms with E-state index in [1.165, 1.54) is 0 Å². The van der Waals surface area contributed by atoms with Crippen molar-refractivity contribution < 1.29 is 10.0 Å². The summed E-state index contributed by atoms with van der Waals surface area (Å²) in [6.45, 7) is 7.62. The van der Waals surface area contributed by atoms with Crippen molar-refractivity contribution in [2.24, 2.45) is 16.3 Å². The summed E-state index contributed by atoms with van der Waals surface area (Å²) >= 11 is 3.50. The van der Waals surface area contributed by atoms with Crippen LogP contribution in [0.5, 0.6) is 0 Å². The average molecular weight is 356 g/mol. The predicted octanol–water partition coefficient (Wildman–Crippen LogP) is 3.56. The standard InChI is InChI=1S/C15H22BrN3O2/c1-5-15(6-2,13(17)19-21)14(20)18-11-7-9(3)12(16)10(4)8-11/h7-8,21H,5-6H2,1-4H3,(H2,17,19)(H,18,20). The predicted molar refractivity (Wildman–Crippen MR) is 88.7 cm³/mol. The Kier molecular flexibility index (Phi) is 5.78. The molecule has 1 aromatic rings. The normalized spacial score (nSPS) is 12.3. The van der Waals surface area contributed by atoms with Crippen molar-refractivity contribution in [3.8, 4) is 0 Å². The van der Waals surface area contributed by atoms with Crippen LogP contribution >= 0.6 is 15.9 Å². The minimum absolute atomic E-state index is 0.0597. The van der Waals surface area contributed by atoms with Crippen LogP contribution in [0.1, 0.15) is 37.8 Å². The van der Waals surface area contributed by atoms with E-state index in [2.05, 4.69) is 26.4 Å². The first-order valence-corrected chi connectivity index (χ1v) is 7.67. The van der Waals surface area contributed by atoms with E-state index >= 15 is 0 Å². The number of nitrogens with zero attached hydrogens (tertiary/aromatic N) is 1. The van der Waals surface area contributed by atoms with E-state index in [4.69, 9.17) is 10.9 Å². The van der Waals surface area contributed by atoms with Crippen LogP contribution in [-0.2, 0) is 4.79 Å². The van der Waals surface area contributed by atoms with Crippen molar-refractivity contribution in [1.82, 2.24) is 0 Å². The summed E-state index contributed by atoms with van der Waals surface area (Å²) in [5.74, 6) is -0.320. The van der Waals surface area contributed by atoms with Crippen LogP contribution in [0, 0.1) is 19.3 Å². The van der Waals surface area contributed by atoms with E-state index in [1.54, 1.807) is 0 Å². The van der Waals surface area contributed by atoms with E-state index < -0.39 is 5.41 Å². The summed E-state index contributed by atoms with van der Waals surface area (Å²) in [5.41, 5.74) is 7.52. The largest absolute Gasteiger partial charge is 0.409 e. The SMILES string of the molecule is CCC(CC)(C(=O)Nc1cc(C)c(Br)c(C)c1)/C(N)=N/O. The number of carbonyl (C=O) groups excluding carboxylic acids is 1. The Morgan fingerprint density at radius 1 is 1.33 bits per heavy atom. The maximum atomic E-state index is 12.6. The summed E-state index contributed by atoms with van der Waals surface area (Å²) in [7, 11) is 0. The third kappa shape index (κ3) is 3.37. The number of nitrogens with two attached hydrogens (primary N) is 1. The number of benzene rings is 1. The van der Waals surface area contributed by atoms with Crippen LogP contribution in [0.3, 0.4) is 0 Å². The Balaban J connectivity index is 3.14. The van der Waals surface area contributed by atoms with Crippen molar-refractivity contribution >= 4 is 33.4 Å². The third-order valence-corrected chi connectivity index (χ3v) is 5.18. The molecule has 0 saturated carbocycles. The summed E-state index contributed by atoms with van der Waals surface area (Å²) in [6, 6.07) is 3.77. The lowest BCUT2D eigenvalue weighted by Gasteiger charge is -2.28. The maximum Gasteiger partial charge on any atom is 0.238 e. The number of halogens is 1. The molecule has 0 bridgehead atoms. The number of hydrogen-bond donors (Lipinski definition) is 3. The quantitative estimate of drug-likeness (QED) is 0.326. The molecule has 1 rings (SSSR count). The van der Waals surface area contributed by atoms with Gasteiger partial charge in [0, 0.05) is 10.2 Å². The molecule has 0 aromatic heterocycles. The van der Waals surface area contributed by atoms with Gasteiger partial charge in [0.15, 0.2) is 5.84 Å². The summed E-state index contributed by atoms with van der Waals surface area (Å²) in [4.78, 5) is 12.6. The number of oxime groups is 1. The van der Waals surface area contributed by atoms with Crippen LogP contribution in [-0.4, -0.2) is 17.0 Å². The Bertz CT molecular complexity index is 543. The highest BCUT2D eigenvalue weighted by molar-refractivity contribution is 9.10. The molecular weight excluding hydrogens is 334 g/mol. The highest BCUT2D eigenvalue weighted by atomic mass is 79.9. The van der Waals surface area contributed by atoms with Crippen LogP contribution in [0.15, 0.2) is 21.8 Å². The molecular formula is C15H22BrN3O2. The molecule has 0 aliphatic rings. The molecule has 0 saturated heterocycles. The molecule has 4 N–H and O–H groups in total. The highest BCUT2D eigenvalue weighted by Crippen LogP contribution is 2.30. The minimum atomic E-state index is -0.996. The van der Waals surface area contributed by atoms with Crippen LogP contribution in [0.4, 0.5) is 5.69 Å². The van der Waals surface area contributed by atoms with Gasteiger partial charge in [0.25, 0.3) is 0 Å². The van der Waals surface area contributed by atoms with E-state index in [0.717, 1.165) is 15.6 Å². The van der Waals surface area contributed by atoms with Gasteiger partial charge >= 0.3 is 0 Å². The maximum absolute atomic E-state index is 12.6.